The molecule has 0 aromatic rings. The van der Waals surface area contributed by atoms with E-state index >= 15 is 0 Å². The molecule has 0 bridgehead atoms. The normalized spacial score (nSPS) is 12.7. The molecule has 0 heterocycles. The van der Waals surface area contributed by atoms with Crippen LogP contribution in [0.3, 0.4) is 0 Å². The van der Waals surface area contributed by atoms with Crippen molar-refractivity contribution < 1.29 is 9.90 Å². The molecule has 1 unspecified atom stereocenters. The Morgan fingerprint density at radius 2 is 2.43 bits per heavy atom. The molecule has 0 amide bonds. The molecule has 7 heavy (non-hydrogen) atoms. The molecule has 0 aromatic heterocycles. The SMILES string of the molecule is C=C[CH]([Ge])C(=O)O. The van der Waals surface area contributed by atoms with Gasteiger partial charge in [0.05, 0.1) is 0 Å². The molecule has 3 radical (unpaired) electrons. The number of carboxylic acids is 1. The maximum atomic E-state index is 9.86. The summed E-state index contributed by atoms with van der Waals surface area (Å²) in [5.41, 5.74) is 0. The van der Waals surface area contributed by atoms with Crippen molar-refractivity contribution in [2.45, 2.75) is 4.75 Å². The molecule has 2 nitrogen and oxygen atoms in total. The second-order valence-electron chi connectivity index (χ2n) is 1.05. The van der Waals surface area contributed by atoms with E-state index in [9.17, 15) is 4.79 Å². The van der Waals surface area contributed by atoms with E-state index < -0.39 is 10.7 Å². The molecule has 37 valence electrons. The Bertz CT molecular complexity index is 89.7. The third-order valence-corrected chi connectivity index (χ3v) is 1.51. The van der Waals surface area contributed by atoms with Crippen LogP contribution in [0.4, 0.5) is 0 Å². The van der Waals surface area contributed by atoms with E-state index in [0.717, 1.165) is 0 Å². The van der Waals surface area contributed by atoms with E-state index in [1.165, 1.54) is 6.08 Å². The van der Waals surface area contributed by atoms with E-state index in [1.807, 2.05) is 0 Å². The Hall–Kier alpha value is -0.247. The number of hydrogen-bond donors (Lipinski definition) is 1. The second kappa shape index (κ2) is 2.85. The van der Waals surface area contributed by atoms with Gasteiger partial charge in [-0.1, -0.05) is 0 Å². The third-order valence-electron chi connectivity index (χ3n) is 0.502. The third kappa shape index (κ3) is 2.45. The summed E-state index contributed by atoms with van der Waals surface area (Å²) in [6.07, 6.45) is 1.39. The predicted molar refractivity (Wildman–Crippen MR) is 27.3 cm³/mol. The van der Waals surface area contributed by atoms with Crippen LogP contribution >= 0.6 is 0 Å². The van der Waals surface area contributed by atoms with Crippen molar-refractivity contribution in [3.8, 4) is 0 Å². The van der Waals surface area contributed by atoms with Crippen LogP contribution in [0.5, 0.6) is 0 Å². The van der Waals surface area contributed by atoms with E-state index in [2.05, 4.69) is 6.58 Å². The fourth-order valence-corrected chi connectivity index (χ4v) is 0.101. The average Bonchev–Trinajstić information content (AvgIpc) is 1.65. The van der Waals surface area contributed by atoms with Crippen molar-refractivity contribution in [1.29, 1.82) is 0 Å². The predicted octanol–water partition coefficient (Wildman–Crippen LogP) is 0.214. The summed E-state index contributed by atoms with van der Waals surface area (Å²) < 4.78 is -0.417. The molecule has 1 atom stereocenters. The van der Waals surface area contributed by atoms with E-state index in [-0.39, 0.29) is 0 Å². The number of aliphatic carboxylic acids is 1. The first-order valence-corrected chi connectivity index (χ1v) is 2.96. The second-order valence-corrected chi connectivity index (χ2v) is 2.36. The van der Waals surface area contributed by atoms with Gasteiger partial charge in [0.1, 0.15) is 0 Å². The summed E-state index contributed by atoms with van der Waals surface area (Å²) in [4.78, 5) is 9.86. The molecule has 0 aliphatic carbocycles. The summed E-state index contributed by atoms with van der Waals surface area (Å²) in [5, 5.41) is 8.11. The molecule has 0 saturated heterocycles. The summed E-state index contributed by atoms with van der Waals surface area (Å²) in [5.74, 6) is -0.824. The van der Waals surface area contributed by atoms with Gasteiger partial charge in [-0.3, -0.25) is 0 Å². The fourth-order valence-electron chi connectivity index (χ4n) is 0.101. The minimum atomic E-state index is -0.824. The molecule has 1 N–H and O–H groups in total. The number of carboxylic acid groups (broad SMARTS) is 1. The fraction of sp³-hybridized carbons (Fsp3) is 0.250. The van der Waals surface area contributed by atoms with Gasteiger partial charge in [-0.25, -0.2) is 0 Å². The Balaban J connectivity index is 3.55. The van der Waals surface area contributed by atoms with E-state index in [0.29, 0.717) is 0 Å². The van der Waals surface area contributed by atoms with Gasteiger partial charge in [0, 0.05) is 0 Å². The summed E-state index contributed by atoms with van der Waals surface area (Å²) in [6.45, 7) is 3.30. The first-order valence-electron chi connectivity index (χ1n) is 1.75. The summed E-state index contributed by atoms with van der Waals surface area (Å²) in [6, 6.07) is 0. The first-order chi connectivity index (χ1) is 3.18. The molecule has 3 heteroatoms. The Labute approximate surface area is 50.4 Å². The van der Waals surface area contributed by atoms with Gasteiger partial charge in [0.25, 0.3) is 0 Å². The van der Waals surface area contributed by atoms with Crippen molar-refractivity contribution in [3.05, 3.63) is 12.7 Å². The van der Waals surface area contributed by atoms with Crippen LogP contribution in [0.25, 0.3) is 0 Å². The van der Waals surface area contributed by atoms with E-state index in [1.54, 1.807) is 16.5 Å². The standard InChI is InChI=1S/C4H5GeO2/c1-2-3(5)4(6)7/h2-3H,1H2,(H,6,7). The minimum absolute atomic E-state index is 0.417. The zero-order chi connectivity index (χ0) is 5.86. The Morgan fingerprint density at radius 3 is 2.43 bits per heavy atom. The van der Waals surface area contributed by atoms with Crippen LogP contribution in [0.2, 0.25) is 4.75 Å². The molecule has 0 aliphatic heterocycles. The molecular weight excluding hydrogens is 153 g/mol. The van der Waals surface area contributed by atoms with Crippen LogP contribution in [-0.4, -0.2) is 27.6 Å². The zero-order valence-electron chi connectivity index (χ0n) is 3.72. The van der Waals surface area contributed by atoms with Gasteiger partial charge in [0.15, 0.2) is 0 Å². The van der Waals surface area contributed by atoms with Gasteiger partial charge in [-0.15, -0.1) is 0 Å². The van der Waals surface area contributed by atoms with Crippen LogP contribution < -0.4 is 0 Å². The number of hydrogen-bond acceptors (Lipinski definition) is 1. The van der Waals surface area contributed by atoms with Gasteiger partial charge in [-0.2, -0.15) is 0 Å². The monoisotopic (exact) mass is 159 g/mol. The van der Waals surface area contributed by atoms with Crippen LogP contribution in [-0.2, 0) is 4.79 Å². The Kier molecular flexibility index (Phi) is 2.75. The molecule has 0 aromatic carbocycles. The van der Waals surface area contributed by atoms with Crippen molar-refractivity contribution in [1.82, 2.24) is 0 Å². The summed E-state index contributed by atoms with van der Waals surface area (Å²) in [7, 11) is 0. The number of rotatable bonds is 2. The molecule has 0 fully saturated rings. The van der Waals surface area contributed by atoms with Crippen molar-refractivity contribution in [2.24, 2.45) is 0 Å². The van der Waals surface area contributed by atoms with Crippen LogP contribution in [0, 0.1) is 0 Å². The molecule has 0 aliphatic rings. The molecule has 0 saturated carbocycles. The van der Waals surface area contributed by atoms with Crippen LogP contribution in [0.1, 0.15) is 0 Å². The maximum absolute atomic E-state index is 9.86. The quantitative estimate of drug-likeness (QED) is 0.460. The molecule has 0 spiro atoms. The first kappa shape index (κ1) is 6.75. The van der Waals surface area contributed by atoms with Gasteiger partial charge >= 0.3 is 49.8 Å². The number of carbonyl (C=O) groups is 1. The van der Waals surface area contributed by atoms with Crippen molar-refractivity contribution in [2.75, 3.05) is 0 Å². The van der Waals surface area contributed by atoms with Crippen molar-refractivity contribution >= 4 is 22.5 Å². The molecular formula is C4H5GeO2. The topological polar surface area (TPSA) is 37.3 Å². The van der Waals surface area contributed by atoms with E-state index in [4.69, 9.17) is 5.11 Å². The van der Waals surface area contributed by atoms with Gasteiger partial charge in [0.2, 0.25) is 0 Å². The molecule has 0 rings (SSSR count). The average molecular weight is 158 g/mol. The zero-order valence-corrected chi connectivity index (χ0v) is 5.82. The van der Waals surface area contributed by atoms with Gasteiger partial charge in [-0.05, 0) is 0 Å². The van der Waals surface area contributed by atoms with Crippen molar-refractivity contribution in [3.63, 3.8) is 0 Å². The van der Waals surface area contributed by atoms with Crippen LogP contribution in [0.15, 0.2) is 12.7 Å². The summed E-state index contributed by atoms with van der Waals surface area (Å²) >= 11 is 1.58. The van der Waals surface area contributed by atoms with Gasteiger partial charge < -0.3 is 0 Å². The Morgan fingerprint density at radius 1 is 2.00 bits per heavy atom.